The molecule has 4 nitrogen and oxygen atoms in total. The number of nitrogens with one attached hydrogen (secondary N) is 1. The molecule has 1 aliphatic heterocycles. The van der Waals surface area contributed by atoms with Crippen LogP contribution in [0.5, 0.6) is 0 Å². The van der Waals surface area contributed by atoms with Crippen LogP contribution < -0.4 is 5.32 Å². The van der Waals surface area contributed by atoms with Gasteiger partial charge in [0.2, 0.25) is 0 Å². The summed E-state index contributed by atoms with van der Waals surface area (Å²) in [7, 11) is 0. The van der Waals surface area contributed by atoms with Crippen LogP contribution in [0.2, 0.25) is 0 Å². The van der Waals surface area contributed by atoms with Gasteiger partial charge in [-0.2, -0.15) is 0 Å². The molecule has 2 heterocycles. The fourth-order valence-electron chi connectivity index (χ4n) is 1.96. The highest BCUT2D eigenvalue weighted by molar-refractivity contribution is 5.93. The Hall–Kier alpha value is -2.10. The highest BCUT2D eigenvalue weighted by atomic mass is 16.2. The van der Waals surface area contributed by atoms with Crippen LogP contribution in [0.3, 0.4) is 0 Å². The van der Waals surface area contributed by atoms with Crippen molar-refractivity contribution in [2.45, 2.75) is 13.3 Å². The summed E-state index contributed by atoms with van der Waals surface area (Å²) in [6.45, 7) is 2.01. The van der Waals surface area contributed by atoms with Crippen molar-refractivity contribution < 1.29 is 4.79 Å². The van der Waals surface area contributed by atoms with E-state index in [1.54, 1.807) is 17.0 Å². The molecule has 0 saturated heterocycles. The molecule has 16 heavy (non-hydrogen) atoms. The predicted molar refractivity (Wildman–Crippen MR) is 60.6 cm³/mol. The number of aromatic nitrogens is 2. The molecule has 1 amide bonds. The number of nitrogens with zero attached hydrogens (tertiary/aromatic N) is 2. The first kappa shape index (κ1) is 9.15. The van der Waals surface area contributed by atoms with Gasteiger partial charge in [0.15, 0.2) is 0 Å². The van der Waals surface area contributed by atoms with Gasteiger partial charge in [0.05, 0.1) is 0 Å². The zero-order valence-electron chi connectivity index (χ0n) is 8.90. The molecule has 2 aromatic rings. The molecule has 3 rings (SSSR count). The van der Waals surface area contributed by atoms with Crippen molar-refractivity contribution in [2.24, 2.45) is 0 Å². The van der Waals surface area contributed by atoms with Gasteiger partial charge in [-0.1, -0.05) is 12.1 Å². The Labute approximate surface area is 92.9 Å². The third-order valence-corrected chi connectivity index (χ3v) is 2.79. The molecule has 0 saturated carbocycles. The number of hydrogen-bond donors (Lipinski definition) is 1. The van der Waals surface area contributed by atoms with Crippen molar-refractivity contribution in [2.75, 3.05) is 5.32 Å². The molecule has 0 unspecified atom stereocenters. The Morgan fingerprint density at radius 2 is 2.31 bits per heavy atom. The quantitative estimate of drug-likeness (QED) is 0.729. The van der Waals surface area contributed by atoms with Crippen LogP contribution in [0.15, 0.2) is 30.6 Å². The maximum absolute atomic E-state index is 11.9. The molecule has 1 N–H and O–H groups in total. The Kier molecular flexibility index (Phi) is 1.83. The molecule has 0 radical (unpaired) electrons. The molecular weight excluding hydrogens is 202 g/mol. The number of rotatable bonds is 0. The average molecular weight is 213 g/mol. The van der Waals surface area contributed by atoms with Gasteiger partial charge in [0.1, 0.15) is 5.82 Å². The Bertz CT molecular complexity index is 571. The van der Waals surface area contributed by atoms with E-state index in [1.807, 2.05) is 25.1 Å². The molecule has 0 fully saturated rings. The van der Waals surface area contributed by atoms with Crippen molar-refractivity contribution >= 4 is 11.7 Å². The largest absolute Gasteiger partial charge is 0.331 e. The summed E-state index contributed by atoms with van der Waals surface area (Å²) >= 11 is 0. The third kappa shape index (κ3) is 1.31. The topological polar surface area (TPSA) is 46.9 Å². The highest BCUT2D eigenvalue weighted by Gasteiger charge is 2.18. The van der Waals surface area contributed by atoms with E-state index in [2.05, 4.69) is 10.3 Å². The first-order valence-corrected chi connectivity index (χ1v) is 5.17. The van der Waals surface area contributed by atoms with Gasteiger partial charge >= 0.3 is 6.03 Å². The highest BCUT2D eigenvalue weighted by Crippen LogP contribution is 2.23. The van der Waals surface area contributed by atoms with Gasteiger partial charge in [-0.25, -0.2) is 9.78 Å². The number of carbonyl (C=O) groups excluding carboxylic acids is 1. The van der Waals surface area contributed by atoms with Crippen LogP contribution in [-0.2, 0) is 6.42 Å². The van der Waals surface area contributed by atoms with Crippen molar-refractivity contribution in [1.29, 1.82) is 0 Å². The second-order valence-electron chi connectivity index (χ2n) is 3.98. The number of carbonyl (C=O) groups is 1. The van der Waals surface area contributed by atoms with E-state index < -0.39 is 0 Å². The Morgan fingerprint density at radius 3 is 3.19 bits per heavy atom. The maximum atomic E-state index is 11.9. The zero-order chi connectivity index (χ0) is 11.1. The normalized spacial score (nSPS) is 13.7. The molecule has 0 bridgehead atoms. The van der Waals surface area contributed by atoms with E-state index in [0.29, 0.717) is 6.42 Å². The number of hydrogen-bond acceptors (Lipinski definition) is 2. The minimum atomic E-state index is -0.142. The minimum Gasteiger partial charge on any atom is -0.307 e. The van der Waals surface area contributed by atoms with Crippen molar-refractivity contribution in [3.05, 3.63) is 47.5 Å². The van der Waals surface area contributed by atoms with E-state index in [4.69, 9.17) is 0 Å². The Balaban J connectivity index is 2.16. The van der Waals surface area contributed by atoms with Gasteiger partial charge in [-0.15, -0.1) is 0 Å². The zero-order valence-corrected chi connectivity index (χ0v) is 8.90. The van der Waals surface area contributed by atoms with Crippen LogP contribution in [0, 0.1) is 6.92 Å². The summed E-state index contributed by atoms with van der Waals surface area (Å²) in [5.41, 5.74) is 3.12. The van der Waals surface area contributed by atoms with Crippen molar-refractivity contribution in [3.8, 4) is 0 Å². The fourth-order valence-corrected chi connectivity index (χ4v) is 1.96. The number of aryl methyl sites for hydroxylation is 1. The molecule has 0 aliphatic carbocycles. The molecule has 0 atom stereocenters. The van der Waals surface area contributed by atoms with Gasteiger partial charge in [-0.05, 0) is 24.1 Å². The van der Waals surface area contributed by atoms with Gasteiger partial charge in [-0.3, -0.25) is 4.57 Å². The summed E-state index contributed by atoms with van der Waals surface area (Å²) in [4.78, 5) is 16.0. The van der Waals surface area contributed by atoms with Crippen LogP contribution in [0.25, 0.3) is 0 Å². The molecule has 0 spiro atoms. The maximum Gasteiger partial charge on any atom is 0.331 e. The smallest absolute Gasteiger partial charge is 0.307 e. The molecule has 1 aromatic heterocycles. The minimum absolute atomic E-state index is 0.142. The van der Waals surface area contributed by atoms with E-state index in [9.17, 15) is 4.79 Å². The van der Waals surface area contributed by atoms with E-state index >= 15 is 0 Å². The lowest BCUT2D eigenvalue weighted by molar-refractivity contribution is 0.253. The van der Waals surface area contributed by atoms with Crippen LogP contribution in [0.1, 0.15) is 17.0 Å². The molecule has 80 valence electrons. The fraction of sp³-hybridized carbons (Fsp3) is 0.167. The number of benzene rings is 1. The SMILES string of the molecule is Cc1ccc2c(c1)NC(=O)n1ccnc1C2. The van der Waals surface area contributed by atoms with E-state index in [0.717, 1.165) is 22.6 Å². The number of anilines is 1. The van der Waals surface area contributed by atoms with Crippen molar-refractivity contribution in [3.63, 3.8) is 0 Å². The van der Waals surface area contributed by atoms with Crippen LogP contribution in [0.4, 0.5) is 10.5 Å². The third-order valence-electron chi connectivity index (χ3n) is 2.79. The second-order valence-corrected chi connectivity index (χ2v) is 3.98. The first-order chi connectivity index (χ1) is 7.74. The Morgan fingerprint density at radius 1 is 1.44 bits per heavy atom. The molecule has 1 aromatic carbocycles. The lowest BCUT2D eigenvalue weighted by atomic mass is 10.1. The lowest BCUT2D eigenvalue weighted by Crippen LogP contribution is -2.18. The van der Waals surface area contributed by atoms with E-state index in [1.165, 1.54) is 0 Å². The summed E-state index contributed by atoms with van der Waals surface area (Å²) in [6, 6.07) is 5.93. The summed E-state index contributed by atoms with van der Waals surface area (Å²) in [5.74, 6) is 0.778. The van der Waals surface area contributed by atoms with E-state index in [-0.39, 0.29) is 6.03 Å². The molecule has 1 aliphatic rings. The van der Waals surface area contributed by atoms with Crippen molar-refractivity contribution in [1.82, 2.24) is 9.55 Å². The van der Waals surface area contributed by atoms with Gasteiger partial charge in [0, 0.05) is 24.5 Å². The van der Waals surface area contributed by atoms with Gasteiger partial charge < -0.3 is 5.32 Å². The summed E-state index contributed by atoms with van der Waals surface area (Å²) in [5, 5.41) is 2.89. The summed E-state index contributed by atoms with van der Waals surface area (Å²) < 4.78 is 1.55. The molecule has 4 heteroatoms. The predicted octanol–water partition coefficient (Wildman–Crippen LogP) is 2.18. The van der Waals surface area contributed by atoms with Gasteiger partial charge in [0.25, 0.3) is 0 Å². The standard InChI is InChI=1S/C12H11N3O/c1-8-2-3-9-7-11-13-4-5-15(11)12(16)14-10(9)6-8/h2-6H,7H2,1H3,(H,14,16). The number of fused-ring (bicyclic) bond motifs is 2. The average Bonchev–Trinajstić information content (AvgIpc) is 2.65. The monoisotopic (exact) mass is 213 g/mol. The van der Waals surface area contributed by atoms with Crippen LogP contribution in [-0.4, -0.2) is 15.6 Å². The number of imidazole rings is 1. The lowest BCUT2D eigenvalue weighted by Gasteiger charge is -2.06. The summed E-state index contributed by atoms with van der Waals surface area (Å²) in [6.07, 6.45) is 4.01. The van der Waals surface area contributed by atoms with Crippen LogP contribution >= 0.6 is 0 Å². The number of amides is 1. The second kappa shape index (κ2) is 3.20. The molecular formula is C12H11N3O. The first-order valence-electron chi connectivity index (χ1n) is 5.17.